The number of aromatic nitrogens is 3. The Morgan fingerprint density at radius 3 is 2.80 bits per heavy atom. The Balaban J connectivity index is 1.41. The van der Waals surface area contributed by atoms with E-state index in [4.69, 9.17) is 4.42 Å². The van der Waals surface area contributed by atoms with Gasteiger partial charge in [0.05, 0.1) is 0 Å². The number of rotatable bonds is 4. The van der Waals surface area contributed by atoms with Gasteiger partial charge in [0.1, 0.15) is 22.9 Å². The Morgan fingerprint density at radius 2 is 1.97 bits per heavy atom. The fourth-order valence-corrected chi connectivity index (χ4v) is 4.17. The van der Waals surface area contributed by atoms with Crippen LogP contribution >= 0.6 is 0 Å². The van der Waals surface area contributed by atoms with Crippen LogP contribution in [0, 0.1) is 5.82 Å². The molecule has 1 fully saturated rings. The van der Waals surface area contributed by atoms with Gasteiger partial charge in [0.2, 0.25) is 0 Å². The molecule has 2 aromatic heterocycles. The number of carbonyl (C=O) groups is 1. The molecular formula is C23H21FN4O2. The molecule has 0 radical (unpaired) electrons. The molecule has 1 unspecified atom stereocenters. The summed E-state index contributed by atoms with van der Waals surface area (Å²) in [6, 6.07) is 15.9. The average Bonchev–Trinajstić information content (AvgIpc) is 3.41. The number of H-pyrrole nitrogens is 1. The molecule has 1 amide bonds. The van der Waals surface area contributed by atoms with Gasteiger partial charge in [-0.25, -0.2) is 4.39 Å². The minimum Gasteiger partial charge on any atom is -0.461 e. The molecule has 0 bridgehead atoms. The Hall–Kier alpha value is -3.48. The van der Waals surface area contributed by atoms with Crippen LogP contribution in [0.4, 0.5) is 4.39 Å². The van der Waals surface area contributed by atoms with E-state index in [0.29, 0.717) is 24.2 Å². The number of nitrogens with one attached hydrogen (secondary N) is 1. The van der Waals surface area contributed by atoms with Gasteiger partial charge >= 0.3 is 0 Å². The van der Waals surface area contributed by atoms with Gasteiger partial charge in [-0.3, -0.25) is 4.79 Å². The fourth-order valence-electron chi connectivity index (χ4n) is 4.17. The van der Waals surface area contributed by atoms with Crippen LogP contribution < -0.4 is 0 Å². The maximum Gasteiger partial charge on any atom is 0.276 e. The van der Waals surface area contributed by atoms with Crippen LogP contribution in [-0.2, 0) is 6.42 Å². The highest BCUT2D eigenvalue weighted by Crippen LogP contribution is 2.28. The molecule has 1 aliphatic rings. The van der Waals surface area contributed by atoms with Crippen molar-refractivity contribution < 1.29 is 13.6 Å². The predicted octanol–water partition coefficient (Wildman–Crippen LogP) is 4.59. The van der Waals surface area contributed by atoms with E-state index < -0.39 is 0 Å². The first-order valence-electron chi connectivity index (χ1n) is 10.1. The van der Waals surface area contributed by atoms with Gasteiger partial charge < -0.3 is 9.32 Å². The number of halogens is 1. The highest BCUT2D eigenvalue weighted by molar-refractivity contribution is 5.98. The van der Waals surface area contributed by atoms with Gasteiger partial charge in [0, 0.05) is 30.0 Å². The Kier molecular flexibility index (Phi) is 4.78. The number of hydrogen-bond donors (Lipinski definition) is 1. The normalized spacial score (nSPS) is 16.8. The molecule has 0 aliphatic carbocycles. The molecule has 1 atom stereocenters. The maximum absolute atomic E-state index is 13.4. The first-order chi connectivity index (χ1) is 14.7. The number of likely N-dealkylation sites (tertiary alicyclic amines) is 1. The highest BCUT2D eigenvalue weighted by Gasteiger charge is 2.31. The topological polar surface area (TPSA) is 75.0 Å². The molecule has 0 saturated carbocycles. The number of furan rings is 1. The van der Waals surface area contributed by atoms with E-state index in [2.05, 4.69) is 15.4 Å². The molecule has 152 valence electrons. The smallest absolute Gasteiger partial charge is 0.276 e. The van der Waals surface area contributed by atoms with Gasteiger partial charge in [0.15, 0.2) is 5.69 Å². The third-order valence-corrected chi connectivity index (χ3v) is 5.67. The molecule has 3 heterocycles. The van der Waals surface area contributed by atoms with Crippen molar-refractivity contribution in [2.24, 2.45) is 0 Å². The lowest BCUT2D eigenvalue weighted by Gasteiger charge is -2.35. The van der Waals surface area contributed by atoms with Crippen molar-refractivity contribution in [2.75, 3.05) is 6.54 Å². The number of hydrogen-bond acceptors (Lipinski definition) is 4. The van der Waals surface area contributed by atoms with Crippen LogP contribution in [0.1, 0.15) is 35.5 Å². The second-order valence-electron chi connectivity index (χ2n) is 7.63. The molecule has 5 rings (SSSR count). The van der Waals surface area contributed by atoms with Crippen LogP contribution in [0.15, 0.2) is 59.0 Å². The molecule has 4 aromatic rings. The molecule has 0 spiro atoms. The quantitative estimate of drug-likeness (QED) is 0.540. The number of para-hydroxylation sites is 1. The van der Waals surface area contributed by atoms with Gasteiger partial charge in [-0.05, 0) is 55.7 Å². The Bertz CT molecular complexity index is 1150. The predicted molar refractivity (Wildman–Crippen MR) is 110 cm³/mol. The summed E-state index contributed by atoms with van der Waals surface area (Å²) in [5.41, 5.74) is 2.21. The van der Waals surface area contributed by atoms with E-state index >= 15 is 0 Å². The summed E-state index contributed by atoms with van der Waals surface area (Å²) in [7, 11) is 0. The number of fused-ring (bicyclic) bond motifs is 1. The first kappa shape index (κ1) is 18.5. The number of benzene rings is 2. The van der Waals surface area contributed by atoms with Gasteiger partial charge in [-0.2, -0.15) is 15.4 Å². The van der Waals surface area contributed by atoms with Crippen molar-refractivity contribution in [1.29, 1.82) is 0 Å². The van der Waals surface area contributed by atoms with E-state index in [9.17, 15) is 9.18 Å². The van der Waals surface area contributed by atoms with E-state index in [1.54, 1.807) is 12.1 Å². The number of carbonyl (C=O) groups excluding carboxylic acids is 1. The lowest BCUT2D eigenvalue weighted by Crippen LogP contribution is -2.45. The second-order valence-corrected chi connectivity index (χ2v) is 7.63. The van der Waals surface area contributed by atoms with E-state index in [-0.39, 0.29) is 23.5 Å². The van der Waals surface area contributed by atoms with Crippen molar-refractivity contribution in [3.8, 4) is 11.3 Å². The van der Waals surface area contributed by atoms with Crippen molar-refractivity contribution in [2.45, 2.75) is 31.7 Å². The molecule has 7 heteroatoms. The first-order valence-corrected chi connectivity index (χ1v) is 10.1. The SMILES string of the molecule is O=C(c1n[nH]nc1-c1ccc(F)cc1)N1CCCCC1Cc1cc2ccccc2o1. The summed E-state index contributed by atoms with van der Waals surface area (Å²) in [6.45, 7) is 0.666. The van der Waals surface area contributed by atoms with E-state index in [1.807, 2.05) is 35.2 Å². The Morgan fingerprint density at radius 1 is 1.13 bits per heavy atom. The maximum atomic E-state index is 13.4. The van der Waals surface area contributed by atoms with Crippen LogP contribution in [0.3, 0.4) is 0 Å². The Labute approximate surface area is 172 Å². The number of aromatic amines is 1. The van der Waals surface area contributed by atoms with E-state index in [1.165, 1.54) is 12.1 Å². The van der Waals surface area contributed by atoms with Crippen molar-refractivity contribution in [3.63, 3.8) is 0 Å². The van der Waals surface area contributed by atoms with Crippen LogP contribution in [0.2, 0.25) is 0 Å². The standard InChI is InChI=1S/C23H21FN4O2/c24-17-10-8-15(9-11-17)21-22(26-27-25-21)23(29)28-12-4-3-6-18(28)14-19-13-16-5-1-2-7-20(16)30-19/h1-2,5,7-11,13,18H,3-4,6,12,14H2,(H,25,26,27). The zero-order valence-corrected chi connectivity index (χ0v) is 16.3. The molecule has 1 aliphatic heterocycles. The largest absolute Gasteiger partial charge is 0.461 e. The van der Waals surface area contributed by atoms with Gasteiger partial charge in [0.25, 0.3) is 5.91 Å². The zero-order chi connectivity index (χ0) is 20.5. The summed E-state index contributed by atoms with van der Waals surface area (Å²) < 4.78 is 19.3. The molecule has 1 saturated heterocycles. The lowest BCUT2D eigenvalue weighted by atomic mass is 9.97. The van der Waals surface area contributed by atoms with Crippen LogP contribution in [-0.4, -0.2) is 38.8 Å². The lowest BCUT2D eigenvalue weighted by molar-refractivity contribution is 0.0602. The van der Waals surface area contributed by atoms with Crippen molar-refractivity contribution >= 4 is 16.9 Å². The number of piperidine rings is 1. The monoisotopic (exact) mass is 404 g/mol. The average molecular weight is 404 g/mol. The van der Waals surface area contributed by atoms with Crippen LogP contribution in [0.25, 0.3) is 22.2 Å². The summed E-state index contributed by atoms with van der Waals surface area (Å²) in [5.74, 6) is 0.376. The van der Waals surface area contributed by atoms with Crippen molar-refractivity contribution in [3.05, 3.63) is 71.9 Å². The number of nitrogens with zero attached hydrogens (tertiary/aromatic N) is 3. The van der Waals surface area contributed by atoms with E-state index in [0.717, 1.165) is 36.0 Å². The summed E-state index contributed by atoms with van der Waals surface area (Å²) in [5, 5.41) is 11.9. The van der Waals surface area contributed by atoms with Gasteiger partial charge in [-0.1, -0.05) is 18.2 Å². The third kappa shape index (κ3) is 3.47. The molecule has 6 nitrogen and oxygen atoms in total. The summed E-state index contributed by atoms with van der Waals surface area (Å²) in [6.07, 6.45) is 3.58. The summed E-state index contributed by atoms with van der Waals surface area (Å²) >= 11 is 0. The van der Waals surface area contributed by atoms with Gasteiger partial charge in [-0.15, -0.1) is 0 Å². The zero-order valence-electron chi connectivity index (χ0n) is 16.3. The van der Waals surface area contributed by atoms with Crippen LogP contribution in [0.5, 0.6) is 0 Å². The number of amides is 1. The fraction of sp³-hybridized carbons (Fsp3) is 0.261. The molecule has 1 N–H and O–H groups in total. The second kappa shape index (κ2) is 7.74. The third-order valence-electron chi connectivity index (χ3n) is 5.67. The van der Waals surface area contributed by atoms with Crippen molar-refractivity contribution in [1.82, 2.24) is 20.3 Å². The molecular weight excluding hydrogens is 383 g/mol. The summed E-state index contributed by atoms with van der Waals surface area (Å²) in [4.78, 5) is 15.3. The molecule has 30 heavy (non-hydrogen) atoms. The minimum absolute atomic E-state index is 0.0320. The minimum atomic E-state index is -0.336. The molecule has 2 aromatic carbocycles. The highest BCUT2D eigenvalue weighted by atomic mass is 19.1.